The van der Waals surface area contributed by atoms with Gasteiger partial charge >= 0.3 is 0 Å². The molecule has 5 heteroatoms. The first-order chi connectivity index (χ1) is 9.11. The van der Waals surface area contributed by atoms with E-state index >= 15 is 0 Å². The second-order valence-electron chi connectivity index (χ2n) is 4.10. The van der Waals surface area contributed by atoms with Gasteiger partial charge in [-0.15, -0.1) is 0 Å². The van der Waals surface area contributed by atoms with Crippen LogP contribution in [0.5, 0.6) is 5.75 Å². The number of carbonyl (C=O) groups excluding carboxylic acids is 1. The number of benzene rings is 1. The monoisotopic (exact) mass is 279 g/mol. The molecule has 1 N–H and O–H groups in total. The maximum Gasteiger partial charge on any atom is 0.252 e. The second-order valence-corrected chi connectivity index (χ2v) is 4.88. The largest absolute Gasteiger partial charge is 0.494 e. The van der Waals surface area contributed by atoms with Crippen molar-refractivity contribution in [2.45, 2.75) is 13.0 Å². The number of thiophene rings is 1. The van der Waals surface area contributed by atoms with Gasteiger partial charge in [-0.05, 0) is 36.1 Å². The van der Waals surface area contributed by atoms with Crippen LogP contribution in [-0.4, -0.2) is 13.0 Å². The average molecular weight is 279 g/mol. The zero-order chi connectivity index (χ0) is 13.8. The molecular formula is C14H14FNO2S. The van der Waals surface area contributed by atoms with Crippen molar-refractivity contribution in [2.24, 2.45) is 0 Å². The fourth-order valence-corrected chi connectivity index (χ4v) is 2.34. The predicted octanol–water partition coefficient (Wildman–Crippen LogP) is 3.39. The van der Waals surface area contributed by atoms with E-state index < -0.39 is 5.82 Å². The lowest BCUT2D eigenvalue weighted by molar-refractivity contribution is 0.0940. The molecule has 1 amide bonds. The van der Waals surface area contributed by atoms with Gasteiger partial charge in [0, 0.05) is 5.38 Å². The van der Waals surface area contributed by atoms with E-state index in [1.54, 1.807) is 23.6 Å². The number of methoxy groups -OCH3 is 1. The number of hydrogen-bond acceptors (Lipinski definition) is 3. The molecule has 1 heterocycles. The van der Waals surface area contributed by atoms with E-state index in [2.05, 4.69) is 5.32 Å². The summed E-state index contributed by atoms with van der Waals surface area (Å²) in [6.45, 7) is 1.81. The summed E-state index contributed by atoms with van der Waals surface area (Å²) >= 11 is 1.46. The van der Waals surface area contributed by atoms with Crippen LogP contribution in [0.3, 0.4) is 0 Å². The van der Waals surface area contributed by atoms with E-state index in [1.807, 2.05) is 12.3 Å². The zero-order valence-corrected chi connectivity index (χ0v) is 11.5. The third-order valence-corrected chi connectivity index (χ3v) is 3.49. The molecule has 0 aliphatic carbocycles. The van der Waals surface area contributed by atoms with Crippen LogP contribution < -0.4 is 10.1 Å². The molecule has 1 aromatic heterocycles. The molecule has 0 spiro atoms. The Morgan fingerprint density at radius 1 is 1.42 bits per heavy atom. The van der Waals surface area contributed by atoms with Crippen LogP contribution in [0.15, 0.2) is 35.0 Å². The average Bonchev–Trinajstić information content (AvgIpc) is 2.92. The number of ether oxygens (including phenoxy) is 1. The normalized spacial score (nSPS) is 11.9. The molecule has 0 saturated heterocycles. The Morgan fingerprint density at radius 3 is 2.79 bits per heavy atom. The van der Waals surface area contributed by atoms with E-state index in [0.717, 1.165) is 0 Å². The van der Waals surface area contributed by atoms with Gasteiger partial charge in [0.25, 0.3) is 5.91 Å². The van der Waals surface area contributed by atoms with Gasteiger partial charge in [-0.3, -0.25) is 4.79 Å². The topological polar surface area (TPSA) is 38.3 Å². The fourth-order valence-electron chi connectivity index (χ4n) is 1.71. The van der Waals surface area contributed by atoms with Gasteiger partial charge in [0.1, 0.15) is 0 Å². The molecular weight excluding hydrogens is 265 g/mol. The lowest BCUT2D eigenvalue weighted by atomic mass is 10.1. The SMILES string of the molecule is COc1ccc(C(C)NC(=O)c2ccsc2)cc1F. The summed E-state index contributed by atoms with van der Waals surface area (Å²) in [5.74, 6) is -0.401. The molecule has 0 aliphatic heterocycles. The van der Waals surface area contributed by atoms with E-state index in [1.165, 1.54) is 24.5 Å². The molecule has 0 radical (unpaired) electrons. The van der Waals surface area contributed by atoms with E-state index in [9.17, 15) is 9.18 Å². The molecule has 2 aromatic rings. The minimum Gasteiger partial charge on any atom is -0.494 e. The van der Waals surface area contributed by atoms with Crippen molar-refractivity contribution in [1.29, 1.82) is 0 Å². The summed E-state index contributed by atoms with van der Waals surface area (Å²) in [4.78, 5) is 11.9. The number of hydrogen-bond donors (Lipinski definition) is 1. The van der Waals surface area contributed by atoms with Crippen molar-refractivity contribution in [3.63, 3.8) is 0 Å². The van der Waals surface area contributed by atoms with E-state index in [-0.39, 0.29) is 17.7 Å². The van der Waals surface area contributed by atoms with Crippen molar-refractivity contribution in [3.8, 4) is 5.75 Å². The van der Waals surface area contributed by atoms with Gasteiger partial charge in [0.2, 0.25) is 0 Å². The highest BCUT2D eigenvalue weighted by Crippen LogP contribution is 2.22. The molecule has 0 bridgehead atoms. The number of amides is 1. The van der Waals surface area contributed by atoms with Gasteiger partial charge in [-0.2, -0.15) is 11.3 Å². The highest BCUT2D eigenvalue weighted by Gasteiger charge is 2.13. The van der Waals surface area contributed by atoms with Crippen LogP contribution in [0.4, 0.5) is 4.39 Å². The first kappa shape index (κ1) is 13.5. The van der Waals surface area contributed by atoms with Crippen LogP contribution in [0.1, 0.15) is 28.9 Å². The third kappa shape index (κ3) is 3.12. The molecule has 1 aromatic carbocycles. The smallest absolute Gasteiger partial charge is 0.252 e. The summed E-state index contributed by atoms with van der Waals surface area (Å²) < 4.78 is 18.4. The molecule has 2 rings (SSSR count). The Labute approximate surface area is 115 Å². The van der Waals surface area contributed by atoms with Crippen LogP contribution in [-0.2, 0) is 0 Å². The second kappa shape index (κ2) is 5.84. The van der Waals surface area contributed by atoms with Gasteiger partial charge in [0.05, 0.1) is 18.7 Å². The predicted molar refractivity (Wildman–Crippen MR) is 73.2 cm³/mol. The highest BCUT2D eigenvalue weighted by molar-refractivity contribution is 7.08. The van der Waals surface area contributed by atoms with Crippen molar-refractivity contribution >= 4 is 17.2 Å². The first-order valence-corrected chi connectivity index (χ1v) is 6.72. The molecule has 1 unspecified atom stereocenters. The van der Waals surface area contributed by atoms with Gasteiger partial charge in [-0.25, -0.2) is 4.39 Å². The van der Waals surface area contributed by atoms with E-state index in [4.69, 9.17) is 4.74 Å². The molecule has 0 aliphatic rings. The minimum absolute atomic E-state index is 0.162. The Morgan fingerprint density at radius 2 is 2.21 bits per heavy atom. The third-order valence-electron chi connectivity index (χ3n) is 2.81. The minimum atomic E-state index is -0.434. The Balaban J connectivity index is 2.09. The maximum absolute atomic E-state index is 13.6. The fraction of sp³-hybridized carbons (Fsp3) is 0.214. The van der Waals surface area contributed by atoms with Crippen LogP contribution >= 0.6 is 11.3 Å². The Bertz CT molecular complexity index is 569. The van der Waals surface area contributed by atoms with Crippen LogP contribution in [0, 0.1) is 5.82 Å². The number of rotatable bonds is 4. The van der Waals surface area contributed by atoms with Crippen molar-refractivity contribution < 1.29 is 13.9 Å². The first-order valence-electron chi connectivity index (χ1n) is 5.78. The standard InChI is InChI=1S/C14H14FNO2S/c1-9(16-14(17)11-5-6-19-8-11)10-3-4-13(18-2)12(15)7-10/h3-9H,1-2H3,(H,16,17). The van der Waals surface area contributed by atoms with Crippen LogP contribution in [0.2, 0.25) is 0 Å². The molecule has 19 heavy (non-hydrogen) atoms. The lowest BCUT2D eigenvalue weighted by Gasteiger charge is -2.14. The summed E-state index contributed by atoms with van der Waals surface area (Å²) in [7, 11) is 1.42. The highest BCUT2D eigenvalue weighted by atomic mass is 32.1. The van der Waals surface area contributed by atoms with Crippen molar-refractivity contribution in [3.05, 3.63) is 52.0 Å². The lowest BCUT2D eigenvalue weighted by Crippen LogP contribution is -2.26. The maximum atomic E-state index is 13.6. The number of nitrogens with one attached hydrogen (secondary N) is 1. The summed E-state index contributed by atoms with van der Waals surface area (Å²) in [6.07, 6.45) is 0. The zero-order valence-electron chi connectivity index (χ0n) is 10.6. The summed E-state index contributed by atoms with van der Waals surface area (Å²) in [5.41, 5.74) is 1.31. The Kier molecular flexibility index (Phi) is 4.16. The quantitative estimate of drug-likeness (QED) is 0.931. The summed E-state index contributed by atoms with van der Waals surface area (Å²) in [6, 6.07) is 6.14. The van der Waals surface area contributed by atoms with Crippen molar-refractivity contribution in [1.82, 2.24) is 5.32 Å². The molecule has 100 valence electrons. The van der Waals surface area contributed by atoms with E-state index in [0.29, 0.717) is 11.1 Å². The van der Waals surface area contributed by atoms with Gasteiger partial charge in [-0.1, -0.05) is 6.07 Å². The van der Waals surface area contributed by atoms with Gasteiger partial charge in [0.15, 0.2) is 11.6 Å². The number of carbonyl (C=O) groups is 1. The number of halogens is 1. The molecule has 0 fully saturated rings. The molecule has 1 atom stereocenters. The van der Waals surface area contributed by atoms with Crippen molar-refractivity contribution in [2.75, 3.05) is 7.11 Å². The summed E-state index contributed by atoms with van der Waals surface area (Å²) in [5, 5.41) is 6.44. The molecule has 0 saturated carbocycles. The van der Waals surface area contributed by atoms with Crippen LogP contribution in [0.25, 0.3) is 0 Å². The molecule has 3 nitrogen and oxygen atoms in total. The van der Waals surface area contributed by atoms with Gasteiger partial charge < -0.3 is 10.1 Å². The Hall–Kier alpha value is -1.88.